The van der Waals surface area contributed by atoms with Gasteiger partial charge in [-0.2, -0.15) is 0 Å². The van der Waals surface area contributed by atoms with E-state index in [1.54, 1.807) is 33.5 Å². The van der Waals surface area contributed by atoms with E-state index in [2.05, 4.69) is 0 Å². The van der Waals surface area contributed by atoms with E-state index in [0.29, 0.717) is 11.5 Å². The molecule has 23 heavy (non-hydrogen) atoms. The maximum atomic E-state index is 9.74. The molecule has 0 aliphatic rings. The number of hydrogen-bond donors (Lipinski definition) is 1. The van der Waals surface area contributed by atoms with Gasteiger partial charge < -0.3 is 24.1 Å². The Kier molecular flexibility index (Phi) is 6.26. The zero-order valence-electron chi connectivity index (χ0n) is 13.6. The van der Waals surface area contributed by atoms with Gasteiger partial charge in [-0.1, -0.05) is 24.3 Å². The predicted molar refractivity (Wildman–Crippen MR) is 87.2 cm³/mol. The summed E-state index contributed by atoms with van der Waals surface area (Å²) in [5.74, 6) is 1.93. The molecule has 2 unspecified atom stereocenters. The van der Waals surface area contributed by atoms with Crippen molar-refractivity contribution < 1.29 is 24.1 Å². The molecule has 0 heterocycles. The van der Waals surface area contributed by atoms with Crippen LogP contribution in [0.4, 0.5) is 0 Å². The summed E-state index contributed by atoms with van der Waals surface area (Å²) in [6.45, 7) is -0.192. The molecule has 5 heteroatoms. The Balaban J connectivity index is 2.22. The topological polar surface area (TPSA) is 57.2 Å². The van der Waals surface area contributed by atoms with Gasteiger partial charge in [-0.25, -0.2) is 0 Å². The first-order chi connectivity index (χ1) is 11.2. The molecular formula is C18H22O5. The maximum Gasteiger partial charge on any atom is 0.161 e. The van der Waals surface area contributed by atoms with Crippen molar-refractivity contribution in [2.24, 2.45) is 0 Å². The van der Waals surface area contributed by atoms with Gasteiger partial charge in [-0.3, -0.25) is 0 Å². The van der Waals surface area contributed by atoms with Crippen molar-refractivity contribution in [3.8, 4) is 17.2 Å². The number of para-hydroxylation sites is 2. The highest BCUT2D eigenvalue weighted by molar-refractivity contribution is 5.39. The van der Waals surface area contributed by atoms with E-state index in [4.69, 9.17) is 18.9 Å². The molecule has 0 fully saturated rings. The lowest BCUT2D eigenvalue weighted by molar-refractivity contribution is -0.0264. The standard InChI is InChI=1S/C18H22O5/c1-20-14-10-8-13(9-11-14)18(22-3)17(12-19)23-16-7-5-4-6-15(16)21-2/h4-11,17-19H,12H2,1-3H3. The van der Waals surface area contributed by atoms with Crippen LogP contribution in [-0.4, -0.2) is 39.1 Å². The maximum absolute atomic E-state index is 9.74. The van der Waals surface area contributed by atoms with E-state index in [-0.39, 0.29) is 6.61 Å². The Morgan fingerprint density at radius 3 is 2.04 bits per heavy atom. The molecule has 0 radical (unpaired) electrons. The third-order valence-corrected chi connectivity index (χ3v) is 3.56. The fraction of sp³-hybridized carbons (Fsp3) is 0.333. The van der Waals surface area contributed by atoms with E-state index in [9.17, 15) is 5.11 Å². The number of rotatable bonds is 8. The summed E-state index contributed by atoms with van der Waals surface area (Å²) in [4.78, 5) is 0. The normalized spacial score (nSPS) is 13.2. The van der Waals surface area contributed by atoms with Gasteiger partial charge in [0.25, 0.3) is 0 Å². The summed E-state index contributed by atoms with van der Waals surface area (Å²) in [7, 11) is 4.78. The van der Waals surface area contributed by atoms with Gasteiger partial charge in [0.05, 0.1) is 20.8 Å². The summed E-state index contributed by atoms with van der Waals surface area (Å²) in [5, 5.41) is 9.74. The summed E-state index contributed by atoms with van der Waals surface area (Å²) in [6, 6.07) is 14.8. The third kappa shape index (κ3) is 4.15. The minimum atomic E-state index is -0.565. The molecule has 0 saturated carbocycles. The van der Waals surface area contributed by atoms with Gasteiger partial charge in [-0.05, 0) is 29.8 Å². The Morgan fingerprint density at radius 1 is 0.870 bits per heavy atom. The lowest BCUT2D eigenvalue weighted by atomic mass is 10.0. The van der Waals surface area contributed by atoms with E-state index in [0.717, 1.165) is 11.3 Å². The molecule has 0 aliphatic heterocycles. The monoisotopic (exact) mass is 318 g/mol. The highest BCUT2D eigenvalue weighted by Crippen LogP contribution is 2.31. The van der Waals surface area contributed by atoms with Crippen molar-refractivity contribution in [1.29, 1.82) is 0 Å². The van der Waals surface area contributed by atoms with Crippen molar-refractivity contribution >= 4 is 0 Å². The molecule has 2 rings (SSSR count). The van der Waals surface area contributed by atoms with Crippen molar-refractivity contribution in [1.82, 2.24) is 0 Å². The fourth-order valence-electron chi connectivity index (χ4n) is 2.37. The first-order valence-electron chi connectivity index (χ1n) is 7.30. The van der Waals surface area contributed by atoms with Gasteiger partial charge in [-0.15, -0.1) is 0 Å². The number of aliphatic hydroxyl groups is 1. The Bertz CT molecular complexity index is 597. The minimum absolute atomic E-state index is 0.192. The number of methoxy groups -OCH3 is 3. The molecule has 124 valence electrons. The van der Waals surface area contributed by atoms with Crippen LogP contribution in [0.3, 0.4) is 0 Å². The lowest BCUT2D eigenvalue weighted by Gasteiger charge is -2.26. The van der Waals surface area contributed by atoms with Crippen LogP contribution in [0.25, 0.3) is 0 Å². The second kappa shape index (κ2) is 8.41. The quantitative estimate of drug-likeness (QED) is 0.811. The SMILES string of the molecule is COc1ccc(C(OC)C(CO)Oc2ccccc2OC)cc1. The zero-order valence-corrected chi connectivity index (χ0v) is 13.6. The molecule has 0 saturated heterocycles. The van der Waals surface area contributed by atoms with E-state index in [1.807, 2.05) is 36.4 Å². The van der Waals surface area contributed by atoms with Crippen molar-refractivity contribution in [3.05, 3.63) is 54.1 Å². The Labute approximate surface area is 136 Å². The minimum Gasteiger partial charge on any atom is -0.497 e. The van der Waals surface area contributed by atoms with Gasteiger partial charge in [0.15, 0.2) is 17.6 Å². The van der Waals surface area contributed by atoms with Gasteiger partial charge >= 0.3 is 0 Å². The molecule has 0 aromatic heterocycles. The molecule has 2 aromatic rings. The fourth-order valence-corrected chi connectivity index (χ4v) is 2.37. The van der Waals surface area contributed by atoms with Gasteiger partial charge in [0.1, 0.15) is 11.9 Å². The molecule has 0 spiro atoms. The summed E-state index contributed by atoms with van der Waals surface area (Å²) in [5.41, 5.74) is 0.891. The first-order valence-corrected chi connectivity index (χ1v) is 7.30. The second-order valence-electron chi connectivity index (χ2n) is 4.92. The number of ether oxygens (including phenoxy) is 4. The van der Waals surface area contributed by atoms with Gasteiger partial charge in [0.2, 0.25) is 0 Å². The van der Waals surface area contributed by atoms with Crippen molar-refractivity contribution in [2.75, 3.05) is 27.9 Å². The lowest BCUT2D eigenvalue weighted by Crippen LogP contribution is -2.30. The summed E-state index contributed by atoms with van der Waals surface area (Å²) >= 11 is 0. The molecular weight excluding hydrogens is 296 g/mol. The zero-order chi connectivity index (χ0) is 16.7. The second-order valence-corrected chi connectivity index (χ2v) is 4.92. The van der Waals surface area contributed by atoms with Crippen LogP contribution in [0.15, 0.2) is 48.5 Å². The molecule has 0 amide bonds. The first kappa shape index (κ1) is 17.1. The Hall–Kier alpha value is -2.24. The average molecular weight is 318 g/mol. The van der Waals surface area contributed by atoms with Crippen LogP contribution in [0.5, 0.6) is 17.2 Å². The highest BCUT2D eigenvalue weighted by Gasteiger charge is 2.25. The highest BCUT2D eigenvalue weighted by atomic mass is 16.6. The van der Waals surface area contributed by atoms with E-state index >= 15 is 0 Å². The Morgan fingerprint density at radius 2 is 1.52 bits per heavy atom. The smallest absolute Gasteiger partial charge is 0.161 e. The third-order valence-electron chi connectivity index (χ3n) is 3.56. The molecule has 1 N–H and O–H groups in total. The summed E-state index contributed by atoms with van der Waals surface area (Å²) in [6.07, 6.45) is -0.986. The van der Waals surface area contributed by atoms with E-state index in [1.165, 1.54) is 0 Å². The molecule has 2 atom stereocenters. The van der Waals surface area contributed by atoms with E-state index < -0.39 is 12.2 Å². The van der Waals surface area contributed by atoms with Crippen LogP contribution in [0, 0.1) is 0 Å². The van der Waals surface area contributed by atoms with Crippen molar-refractivity contribution in [2.45, 2.75) is 12.2 Å². The predicted octanol–water partition coefficient (Wildman–Crippen LogP) is 2.83. The number of hydrogen-bond acceptors (Lipinski definition) is 5. The summed E-state index contributed by atoms with van der Waals surface area (Å²) < 4.78 is 21.9. The molecule has 2 aromatic carbocycles. The number of aliphatic hydroxyl groups excluding tert-OH is 1. The van der Waals surface area contributed by atoms with Crippen LogP contribution in [-0.2, 0) is 4.74 Å². The molecule has 0 aliphatic carbocycles. The average Bonchev–Trinajstić information content (AvgIpc) is 2.62. The number of benzene rings is 2. The van der Waals surface area contributed by atoms with Crippen LogP contribution >= 0.6 is 0 Å². The van der Waals surface area contributed by atoms with Gasteiger partial charge in [0, 0.05) is 7.11 Å². The molecule has 0 bridgehead atoms. The van der Waals surface area contributed by atoms with Crippen molar-refractivity contribution in [3.63, 3.8) is 0 Å². The van der Waals surface area contributed by atoms with Crippen LogP contribution < -0.4 is 14.2 Å². The van der Waals surface area contributed by atoms with Crippen LogP contribution in [0.1, 0.15) is 11.7 Å². The molecule has 5 nitrogen and oxygen atoms in total. The van der Waals surface area contributed by atoms with Crippen LogP contribution in [0.2, 0.25) is 0 Å². The largest absolute Gasteiger partial charge is 0.497 e.